The van der Waals surface area contributed by atoms with E-state index in [-0.39, 0.29) is 74.3 Å². The number of aliphatic carboxylic acids is 1. The number of aryl methyl sites for hydroxylation is 1. The topological polar surface area (TPSA) is 447 Å². The molecule has 8 aromatic rings. The first-order valence-electron chi connectivity index (χ1n) is 23.0. The van der Waals surface area contributed by atoms with Gasteiger partial charge in [-0.25, -0.2) is 25.6 Å². The number of hydrogen-bond donors (Lipinski definition) is 9. The maximum atomic E-state index is 13.3. The predicted octanol–water partition coefficient (Wildman–Crippen LogP) is 11.2. The number of rotatable bonds is 24. The number of anilines is 1. The molecule has 1 aliphatic heterocycles. The Morgan fingerprint density at radius 3 is 2.07 bits per heavy atom. The van der Waals surface area contributed by atoms with Gasteiger partial charge in [-0.1, -0.05) is 15.1 Å². The molecule has 0 radical (unpaired) electrons. The summed E-state index contributed by atoms with van der Waals surface area (Å²) in [5.74, 6) is -3.51. The number of carbonyl (C=O) groups excluding carboxylic acids is 1. The number of azo groups is 3. The molecule has 0 fully saturated rings. The summed E-state index contributed by atoms with van der Waals surface area (Å²) in [6.07, 6.45) is -0.167. The van der Waals surface area contributed by atoms with Crippen molar-refractivity contribution in [1.82, 2.24) is 9.97 Å². The van der Waals surface area contributed by atoms with Gasteiger partial charge in [0, 0.05) is 32.2 Å². The number of aromatic nitrogens is 2. The number of carboxylic acid groups (broad SMARTS) is 1. The van der Waals surface area contributed by atoms with Gasteiger partial charge in [0.15, 0.2) is 11.5 Å². The Morgan fingerprint density at radius 2 is 1.41 bits per heavy atom. The van der Waals surface area contributed by atoms with Crippen LogP contribution >= 0.6 is 36.1 Å². The molecule has 9 N–H and O–H groups in total. The summed E-state index contributed by atoms with van der Waals surface area (Å²) >= 11 is 1.61. The van der Waals surface area contributed by atoms with Crippen molar-refractivity contribution in [3.05, 3.63) is 109 Å². The minimum Gasteiger partial charge on any atom is -0.507 e. The number of hydrogen-bond acceptors (Lipinski definition) is 29. The number of nitrogens with one attached hydrogen (secondary N) is 1. The van der Waals surface area contributed by atoms with E-state index in [9.17, 15) is 50.8 Å². The fourth-order valence-corrected chi connectivity index (χ4v) is 10.3. The van der Waals surface area contributed by atoms with Gasteiger partial charge in [-0.3, -0.25) is 13.9 Å². The molecule has 430 valence electrons. The van der Waals surface area contributed by atoms with Crippen LogP contribution in [0.1, 0.15) is 12.0 Å². The van der Waals surface area contributed by atoms with Crippen molar-refractivity contribution in [2.24, 2.45) is 35.8 Å². The molecular formula is C47H36N10O21S5. The molecule has 0 saturated heterocycles. The number of carboxylic acids is 1. The number of imidazole rings is 1. The Bertz CT molecular complexity index is 4190. The van der Waals surface area contributed by atoms with Gasteiger partial charge in [-0.05, 0) is 121 Å². The van der Waals surface area contributed by atoms with Crippen molar-refractivity contribution in [3.63, 3.8) is 0 Å². The van der Waals surface area contributed by atoms with Crippen molar-refractivity contribution < 1.29 is 99.5 Å². The third-order valence-electron chi connectivity index (χ3n) is 11.7. The zero-order valence-corrected chi connectivity index (χ0v) is 45.5. The van der Waals surface area contributed by atoms with Gasteiger partial charge < -0.3 is 25.0 Å². The van der Waals surface area contributed by atoms with Crippen molar-refractivity contribution in [1.29, 1.82) is 0 Å². The highest BCUT2D eigenvalue weighted by atomic mass is 32.2. The van der Waals surface area contributed by atoms with Crippen molar-refractivity contribution in [2.45, 2.75) is 39.0 Å². The summed E-state index contributed by atoms with van der Waals surface area (Å²) in [5, 5.41) is 102. The second kappa shape index (κ2) is 25.6. The molecule has 9 rings (SSSR count). The molecule has 1 aliphatic rings. The van der Waals surface area contributed by atoms with E-state index in [0.717, 1.165) is 29.3 Å². The number of aromatic amines is 1. The number of phenols is 2. The summed E-state index contributed by atoms with van der Waals surface area (Å²) in [5.41, 5.74) is 1.41. The maximum Gasteiger partial charge on any atom is 0.355 e. The lowest BCUT2D eigenvalue weighted by molar-refractivity contribution is -0.432. The summed E-state index contributed by atoms with van der Waals surface area (Å²) in [6.45, 7) is 1.37. The quantitative estimate of drug-likeness (QED) is 0.00677. The lowest BCUT2D eigenvalue weighted by Crippen LogP contribution is -2.33. The summed E-state index contributed by atoms with van der Waals surface area (Å²) in [6, 6.07) is 22.3. The Kier molecular flexibility index (Phi) is 18.3. The van der Waals surface area contributed by atoms with Crippen LogP contribution in [0.4, 0.5) is 34.1 Å². The summed E-state index contributed by atoms with van der Waals surface area (Å²) in [7, 11) is -8.92. The number of aromatic hydroxyl groups is 2. The van der Waals surface area contributed by atoms with Gasteiger partial charge in [0.2, 0.25) is 6.04 Å². The first kappa shape index (κ1) is 59.5. The van der Waals surface area contributed by atoms with E-state index >= 15 is 0 Å². The van der Waals surface area contributed by atoms with Crippen molar-refractivity contribution in [2.75, 3.05) is 17.4 Å². The maximum absolute atomic E-state index is 13.3. The number of carbonyl (C=O) groups is 2. The fourth-order valence-electron chi connectivity index (χ4n) is 8.01. The van der Waals surface area contributed by atoms with E-state index in [1.807, 2.05) is 0 Å². The van der Waals surface area contributed by atoms with Crippen LogP contribution in [0.25, 0.3) is 44.0 Å². The van der Waals surface area contributed by atoms with Crippen LogP contribution in [0.2, 0.25) is 0 Å². The molecule has 0 bridgehead atoms. The molecule has 0 saturated carbocycles. The third kappa shape index (κ3) is 13.9. The van der Waals surface area contributed by atoms with E-state index in [2.05, 4.69) is 64.6 Å². The monoisotopic (exact) mass is 1240 g/mol. The molecule has 0 aliphatic carbocycles. The lowest BCUT2D eigenvalue weighted by atomic mass is 10.1. The normalized spacial score (nSPS) is 14.2. The van der Waals surface area contributed by atoms with Gasteiger partial charge in [-0.2, -0.15) is 42.3 Å². The number of benzene rings is 7. The Hall–Kier alpha value is -8.15. The van der Waals surface area contributed by atoms with Gasteiger partial charge in [0.05, 0.1) is 97.4 Å². The minimum atomic E-state index is -4.55. The smallest absolute Gasteiger partial charge is 0.355 e. The zero-order chi connectivity index (χ0) is 59.2. The molecular weight excluding hydrogens is 1200 g/mol. The number of amides is 1. The number of hydrazone groups is 1. The number of ether oxygens (including phenoxy) is 1. The standard InChI is InChI=1S/C47H36N10O21S5/c1-22-15-34(37(72-13-2-14-82(66,67)68)21-33(22)51-53-35-18-27(79-76-73-63)16-24-17-28(80-77-74-64)19-36(58)39(24)35)52-54-41-38(81-78-75-65)20-31-30(44(41)59)11-12-32-40(31)49-45(48-32)23-3-5-25(6-4-23)50-55-42-43(47(61)62)56-57(46(42)60)26-7-9-29(10-8-26)83(69,70)71/h3-12,15-21,42,58-59,63-65H,2,13-14H2,1H3,(H,48,49)(H,61,62)(H,66,67,68)(H,69,70,71)/b53-51+,54-52+,55-50+. The van der Waals surface area contributed by atoms with Crippen LogP contribution in [0, 0.1) is 6.92 Å². The van der Waals surface area contributed by atoms with Gasteiger partial charge >= 0.3 is 5.97 Å². The van der Waals surface area contributed by atoms with Crippen LogP contribution in [-0.4, -0.2) is 103 Å². The van der Waals surface area contributed by atoms with Crippen LogP contribution < -0.4 is 9.75 Å². The molecule has 1 unspecified atom stereocenters. The summed E-state index contributed by atoms with van der Waals surface area (Å²) < 4.78 is 84.5. The molecule has 2 heterocycles. The lowest BCUT2D eigenvalue weighted by Gasteiger charge is -2.12. The van der Waals surface area contributed by atoms with Gasteiger partial charge in [0.25, 0.3) is 26.1 Å². The van der Waals surface area contributed by atoms with Crippen LogP contribution in [0.3, 0.4) is 0 Å². The molecule has 7 aromatic carbocycles. The van der Waals surface area contributed by atoms with E-state index in [4.69, 9.17) is 29.8 Å². The molecule has 1 aromatic heterocycles. The highest BCUT2D eigenvalue weighted by molar-refractivity contribution is 7.95. The number of H-pyrrole nitrogens is 1. The predicted molar refractivity (Wildman–Crippen MR) is 291 cm³/mol. The molecule has 31 nitrogen and oxygen atoms in total. The van der Waals surface area contributed by atoms with Gasteiger partial charge in [0.1, 0.15) is 28.7 Å². The second-order valence-corrected chi connectivity index (χ2v) is 22.2. The van der Waals surface area contributed by atoms with E-state index < -0.39 is 60.3 Å². The van der Waals surface area contributed by atoms with Crippen LogP contribution in [-0.2, 0) is 57.9 Å². The third-order valence-corrected chi connectivity index (χ3v) is 15.1. The molecule has 83 heavy (non-hydrogen) atoms. The molecule has 1 atom stereocenters. The highest BCUT2D eigenvalue weighted by Crippen LogP contribution is 2.47. The van der Waals surface area contributed by atoms with Crippen molar-refractivity contribution in [3.8, 4) is 28.6 Å². The SMILES string of the molecule is Cc1cc(/N=N/c2c(SOOO)cc3c(ccc4nc(-c5ccc(/N=N/C6C(=O)N(c7ccc(S(=O)(=O)O)cc7)N=C6C(=O)O)cc5)[nH]c43)c2O)c(OCCCS(=O)(=O)O)cc1/N=N/c1cc(SOOO)cc2cc(SOOO)cc(O)c12. The zero-order valence-electron chi connectivity index (χ0n) is 41.5. The Labute approximate surface area is 477 Å². The molecule has 36 heteroatoms. The van der Waals surface area contributed by atoms with Gasteiger partial charge in [-0.15, -0.1) is 28.3 Å². The van der Waals surface area contributed by atoms with E-state index in [1.54, 1.807) is 43.3 Å². The second-order valence-electron chi connectivity index (χ2n) is 16.9. The summed E-state index contributed by atoms with van der Waals surface area (Å²) in [4.78, 5) is 33.5. The largest absolute Gasteiger partial charge is 0.507 e. The number of phenolic OH excluding ortho intramolecular Hbond substituents is 2. The Balaban J connectivity index is 1.00. The highest BCUT2D eigenvalue weighted by Gasteiger charge is 2.41. The average molecular weight is 1240 g/mol. The molecule has 1 amide bonds. The first-order chi connectivity index (χ1) is 39.7. The van der Waals surface area contributed by atoms with Crippen LogP contribution in [0.5, 0.6) is 17.2 Å². The first-order valence-corrected chi connectivity index (χ1v) is 28.2. The van der Waals surface area contributed by atoms with Crippen LogP contribution in [0.15, 0.2) is 158 Å². The molecule has 0 spiro atoms. The van der Waals surface area contributed by atoms with E-state index in [0.29, 0.717) is 84.7 Å². The number of fused-ring (bicyclic) bond motifs is 4. The van der Waals surface area contributed by atoms with E-state index in [1.165, 1.54) is 42.5 Å². The van der Waals surface area contributed by atoms with Crippen molar-refractivity contribution >= 4 is 141 Å². The average Bonchev–Trinajstić information content (AvgIpc) is 2.61. The number of nitrogens with zero attached hydrogens (tertiary/aromatic N) is 9. The fraction of sp³-hybridized carbons (Fsp3) is 0.106. The minimum absolute atomic E-state index is 0.00161. The Morgan fingerprint density at radius 1 is 0.747 bits per heavy atom.